The maximum atomic E-state index is 5.20. The van der Waals surface area contributed by atoms with Crippen LogP contribution in [0.5, 0.6) is 0 Å². The highest BCUT2D eigenvalue weighted by Crippen LogP contribution is 2.57. The van der Waals surface area contributed by atoms with Gasteiger partial charge in [-0.05, 0) is 18.1 Å². The third kappa shape index (κ3) is 1.73. The monoisotopic (exact) mass is 198 g/mol. The molecule has 0 N–H and O–H groups in total. The highest BCUT2D eigenvalue weighted by molar-refractivity contribution is 7.97. The van der Waals surface area contributed by atoms with E-state index >= 15 is 0 Å². The van der Waals surface area contributed by atoms with Crippen LogP contribution in [0.1, 0.15) is 37.9 Å². The number of hydrogen-bond acceptors (Lipinski definition) is 4. The first kappa shape index (κ1) is 9.06. The Bertz CT molecular complexity index is 308. The molecule has 1 atom stereocenters. The first-order chi connectivity index (χ1) is 6.13. The van der Waals surface area contributed by atoms with E-state index in [1.807, 2.05) is 6.26 Å². The fourth-order valence-electron chi connectivity index (χ4n) is 1.49. The molecule has 1 aliphatic carbocycles. The van der Waals surface area contributed by atoms with E-state index in [1.54, 1.807) is 11.8 Å². The van der Waals surface area contributed by atoms with Gasteiger partial charge < -0.3 is 4.52 Å². The summed E-state index contributed by atoms with van der Waals surface area (Å²) in [5, 5.41) is 3.93. The maximum absolute atomic E-state index is 5.20. The molecule has 0 radical (unpaired) electrons. The van der Waals surface area contributed by atoms with E-state index in [4.69, 9.17) is 4.52 Å². The van der Waals surface area contributed by atoms with Gasteiger partial charge in [0.15, 0.2) is 5.82 Å². The van der Waals surface area contributed by atoms with E-state index in [0.717, 1.165) is 17.5 Å². The van der Waals surface area contributed by atoms with Crippen molar-refractivity contribution in [3.8, 4) is 0 Å². The van der Waals surface area contributed by atoms with Crippen LogP contribution >= 0.6 is 11.8 Å². The second-order valence-electron chi connectivity index (χ2n) is 4.23. The van der Waals surface area contributed by atoms with Gasteiger partial charge in [0.2, 0.25) is 5.89 Å². The molecule has 1 aliphatic rings. The van der Waals surface area contributed by atoms with E-state index in [2.05, 4.69) is 24.0 Å². The van der Waals surface area contributed by atoms with Gasteiger partial charge in [0.05, 0.1) is 5.75 Å². The van der Waals surface area contributed by atoms with Gasteiger partial charge in [-0.15, -0.1) is 0 Å². The molecule has 0 spiro atoms. The number of nitrogens with zero attached hydrogens (tertiary/aromatic N) is 2. The van der Waals surface area contributed by atoms with Crippen molar-refractivity contribution in [2.75, 3.05) is 6.26 Å². The van der Waals surface area contributed by atoms with Crippen molar-refractivity contribution >= 4 is 11.8 Å². The molecule has 3 nitrogen and oxygen atoms in total. The summed E-state index contributed by atoms with van der Waals surface area (Å²) >= 11 is 1.72. The first-order valence-electron chi connectivity index (χ1n) is 4.45. The lowest BCUT2D eigenvalue weighted by Gasteiger charge is -1.95. The highest BCUT2D eigenvalue weighted by Gasteiger charge is 2.50. The number of thioether (sulfide) groups is 1. The lowest BCUT2D eigenvalue weighted by molar-refractivity contribution is 0.364. The van der Waals surface area contributed by atoms with Crippen molar-refractivity contribution in [1.82, 2.24) is 10.1 Å². The molecule has 0 aliphatic heterocycles. The summed E-state index contributed by atoms with van der Waals surface area (Å²) in [5.41, 5.74) is 0.378. The third-order valence-corrected chi connectivity index (χ3v) is 3.12. The molecular weight excluding hydrogens is 184 g/mol. The molecule has 4 heteroatoms. The molecule has 13 heavy (non-hydrogen) atoms. The Morgan fingerprint density at radius 3 is 2.85 bits per heavy atom. The molecule has 1 fully saturated rings. The molecule has 0 saturated heterocycles. The van der Waals surface area contributed by atoms with Gasteiger partial charge in [0, 0.05) is 5.92 Å². The molecule has 0 aromatic carbocycles. The third-order valence-electron chi connectivity index (χ3n) is 2.57. The smallest absolute Gasteiger partial charge is 0.230 e. The van der Waals surface area contributed by atoms with E-state index in [-0.39, 0.29) is 0 Å². The lowest BCUT2D eigenvalue weighted by Crippen LogP contribution is -1.90. The fraction of sp³-hybridized carbons (Fsp3) is 0.778. The van der Waals surface area contributed by atoms with Crippen LogP contribution in [0.2, 0.25) is 0 Å². The minimum Gasteiger partial charge on any atom is -0.339 e. The van der Waals surface area contributed by atoms with E-state index < -0.39 is 0 Å². The van der Waals surface area contributed by atoms with Gasteiger partial charge in [-0.25, -0.2) is 0 Å². The van der Waals surface area contributed by atoms with Crippen molar-refractivity contribution in [3.05, 3.63) is 11.7 Å². The van der Waals surface area contributed by atoms with Crippen molar-refractivity contribution in [2.45, 2.75) is 31.9 Å². The van der Waals surface area contributed by atoms with Crippen LogP contribution in [0.25, 0.3) is 0 Å². The first-order valence-corrected chi connectivity index (χ1v) is 5.84. The zero-order valence-electron chi connectivity index (χ0n) is 8.20. The largest absolute Gasteiger partial charge is 0.339 e. The molecule has 0 amide bonds. The summed E-state index contributed by atoms with van der Waals surface area (Å²) in [5.74, 6) is 2.99. The normalized spacial score (nSPS) is 24.7. The van der Waals surface area contributed by atoms with Crippen LogP contribution in [-0.2, 0) is 5.75 Å². The second kappa shape index (κ2) is 3.01. The Morgan fingerprint density at radius 1 is 1.62 bits per heavy atom. The van der Waals surface area contributed by atoms with E-state index in [0.29, 0.717) is 11.3 Å². The summed E-state index contributed by atoms with van der Waals surface area (Å²) < 4.78 is 5.20. The SMILES string of the molecule is CSCc1noc([C@H]2CC2(C)C)n1. The zero-order chi connectivity index (χ0) is 9.47. The van der Waals surface area contributed by atoms with E-state index in [1.165, 1.54) is 6.42 Å². The average Bonchev–Trinajstić information content (AvgIpc) is 2.52. The molecule has 0 unspecified atom stereocenters. The molecule has 1 heterocycles. The number of hydrogen-bond donors (Lipinski definition) is 0. The summed E-state index contributed by atoms with van der Waals surface area (Å²) in [7, 11) is 0. The Hall–Kier alpha value is -0.510. The molecule has 2 rings (SSSR count). The van der Waals surface area contributed by atoms with Gasteiger partial charge >= 0.3 is 0 Å². The minimum atomic E-state index is 0.378. The van der Waals surface area contributed by atoms with Gasteiger partial charge in [-0.3, -0.25) is 0 Å². The van der Waals surface area contributed by atoms with Gasteiger partial charge in [-0.1, -0.05) is 19.0 Å². The second-order valence-corrected chi connectivity index (χ2v) is 5.09. The van der Waals surface area contributed by atoms with Crippen molar-refractivity contribution in [1.29, 1.82) is 0 Å². The van der Waals surface area contributed by atoms with Crippen LogP contribution < -0.4 is 0 Å². The van der Waals surface area contributed by atoms with Crippen molar-refractivity contribution in [2.24, 2.45) is 5.41 Å². The molecule has 1 aromatic heterocycles. The van der Waals surface area contributed by atoms with Crippen LogP contribution in [-0.4, -0.2) is 16.4 Å². The summed E-state index contributed by atoms with van der Waals surface area (Å²) in [6, 6.07) is 0. The minimum absolute atomic E-state index is 0.378. The van der Waals surface area contributed by atoms with Crippen LogP contribution in [0.3, 0.4) is 0 Å². The van der Waals surface area contributed by atoms with Crippen LogP contribution in [0.15, 0.2) is 4.52 Å². The summed E-state index contributed by atoms with van der Waals surface area (Å²) in [4.78, 5) is 4.36. The topological polar surface area (TPSA) is 38.9 Å². The molecule has 1 aromatic rings. The quantitative estimate of drug-likeness (QED) is 0.747. The van der Waals surface area contributed by atoms with Crippen LogP contribution in [0.4, 0.5) is 0 Å². The number of aromatic nitrogens is 2. The van der Waals surface area contributed by atoms with Gasteiger partial charge in [0.25, 0.3) is 0 Å². The van der Waals surface area contributed by atoms with Crippen molar-refractivity contribution in [3.63, 3.8) is 0 Å². The maximum Gasteiger partial charge on any atom is 0.230 e. The molecular formula is C9H14N2OS. The van der Waals surface area contributed by atoms with Gasteiger partial charge in [0.1, 0.15) is 0 Å². The Balaban J connectivity index is 2.07. The van der Waals surface area contributed by atoms with Gasteiger partial charge in [-0.2, -0.15) is 16.7 Å². The lowest BCUT2D eigenvalue weighted by atomic mass is 10.1. The van der Waals surface area contributed by atoms with Crippen LogP contribution in [0, 0.1) is 5.41 Å². The Labute approximate surface area is 82.3 Å². The fourth-order valence-corrected chi connectivity index (χ4v) is 1.86. The zero-order valence-corrected chi connectivity index (χ0v) is 9.02. The molecule has 72 valence electrons. The summed E-state index contributed by atoms with van der Waals surface area (Å²) in [6.45, 7) is 4.46. The highest BCUT2D eigenvalue weighted by atomic mass is 32.2. The predicted molar refractivity (Wildman–Crippen MR) is 52.7 cm³/mol. The Morgan fingerprint density at radius 2 is 2.31 bits per heavy atom. The molecule has 1 saturated carbocycles. The Kier molecular flexibility index (Phi) is 2.10. The average molecular weight is 198 g/mol. The predicted octanol–water partition coefficient (Wildman–Crippen LogP) is 2.45. The van der Waals surface area contributed by atoms with E-state index in [9.17, 15) is 0 Å². The molecule has 0 bridgehead atoms. The van der Waals surface area contributed by atoms with Crippen molar-refractivity contribution < 1.29 is 4.52 Å². The summed E-state index contributed by atoms with van der Waals surface area (Å²) in [6.07, 6.45) is 3.21. The number of rotatable bonds is 3. The standard InChI is InChI=1S/C9H14N2OS/c1-9(2)4-6(9)8-10-7(5-13-3)11-12-8/h6H,4-5H2,1-3H3/t6-/m1/s1.